The van der Waals surface area contributed by atoms with Gasteiger partial charge in [-0.2, -0.15) is 13.2 Å². The zero-order chi connectivity index (χ0) is 30.7. The molecule has 8 aromatic rings. The molecule has 0 fully saturated rings. The van der Waals surface area contributed by atoms with Crippen LogP contribution in [-0.4, -0.2) is 0 Å². The molecule has 0 unspecified atom stereocenters. The Morgan fingerprint density at radius 3 is 1.51 bits per heavy atom. The van der Waals surface area contributed by atoms with Crippen LogP contribution in [0.4, 0.5) is 13.2 Å². The van der Waals surface area contributed by atoms with E-state index < -0.39 is 11.7 Å². The number of benzene rings is 8. The lowest BCUT2D eigenvalue weighted by atomic mass is 9.84. The number of fused-ring (bicyclic) bond motifs is 4. The van der Waals surface area contributed by atoms with Crippen molar-refractivity contribution in [1.82, 2.24) is 0 Å². The summed E-state index contributed by atoms with van der Waals surface area (Å²) >= 11 is 0. The minimum atomic E-state index is -4.46. The fourth-order valence-electron chi connectivity index (χ4n) is 6.68. The molecule has 216 valence electrons. The Morgan fingerprint density at radius 1 is 0.378 bits per heavy atom. The number of halogens is 3. The lowest BCUT2D eigenvalue weighted by molar-refractivity contribution is -0.137. The van der Waals surface area contributed by atoms with Crippen molar-refractivity contribution in [2.45, 2.75) is 13.1 Å². The average Bonchev–Trinajstić information content (AvgIpc) is 3.06. The number of alkyl halides is 3. The van der Waals surface area contributed by atoms with Crippen LogP contribution in [0.25, 0.3) is 76.5 Å². The molecular weight excluding hydrogens is 561 g/mol. The summed E-state index contributed by atoms with van der Waals surface area (Å²) in [5.74, 6) is 0. The first-order chi connectivity index (χ1) is 21.8. The highest BCUT2D eigenvalue weighted by Crippen LogP contribution is 2.46. The number of hydrogen-bond acceptors (Lipinski definition) is 0. The van der Waals surface area contributed by atoms with Gasteiger partial charge in [-0.3, -0.25) is 0 Å². The van der Waals surface area contributed by atoms with Gasteiger partial charge in [0.05, 0.1) is 5.56 Å². The molecule has 0 saturated heterocycles. The monoisotopic (exact) mass is 588 g/mol. The van der Waals surface area contributed by atoms with E-state index in [0.29, 0.717) is 5.39 Å². The zero-order valence-electron chi connectivity index (χ0n) is 24.5. The largest absolute Gasteiger partial charge is 0.416 e. The van der Waals surface area contributed by atoms with Gasteiger partial charge in [-0.15, -0.1) is 0 Å². The second-order valence-corrected chi connectivity index (χ2v) is 11.8. The second kappa shape index (κ2) is 10.3. The van der Waals surface area contributed by atoms with E-state index in [0.717, 1.165) is 65.9 Å². The van der Waals surface area contributed by atoms with Gasteiger partial charge in [0.1, 0.15) is 0 Å². The van der Waals surface area contributed by atoms with E-state index in [1.807, 2.05) is 55.5 Å². The highest BCUT2D eigenvalue weighted by atomic mass is 19.4. The van der Waals surface area contributed by atoms with Crippen molar-refractivity contribution >= 4 is 43.1 Å². The molecule has 0 aliphatic rings. The van der Waals surface area contributed by atoms with Crippen LogP contribution in [0.1, 0.15) is 11.1 Å². The van der Waals surface area contributed by atoms with E-state index in [9.17, 15) is 13.2 Å². The van der Waals surface area contributed by atoms with Crippen LogP contribution in [0.15, 0.2) is 146 Å². The third-order valence-corrected chi connectivity index (χ3v) is 8.89. The summed E-state index contributed by atoms with van der Waals surface area (Å²) in [6.07, 6.45) is -4.46. The SMILES string of the molecule is Cc1ccc2c(-c3ccc(-c4ccc5ccccc5c4)cc3)c3ccc(C(F)(F)F)cc3c(-c3ccc4ccccc4c3)c2c1. The Bertz CT molecular complexity index is 2410. The Morgan fingerprint density at radius 2 is 0.867 bits per heavy atom. The van der Waals surface area contributed by atoms with E-state index in [4.69, 9.17) is 0 Å². The van der Waals surface area contributed by atoms with Gasteiger partial charge in [0, 0.05) is 0 Å². The summed E-state index contributed by atoms with van der Waals surface area (Å²) in [4.78, 5) is 0. The predicted octanol–water partition coefficient (Wildman–Crippen LogP) is 12.6. The molecule has 45 heavy (non-hydrogen) atoms. The molecule has 0 aliphatic heterocycles. The van der Waals surface area contributed by atoms with Crippen LogP contribution in [0.2, 0.25) is 0 Å². The van der Waals surface area contributed by atoms with Gasteiger partial charge in [0.2, 0.25) is 0 Å². The summed E-state index contributed by atoms with van der Waals surface area (Å²) in [5.41, 5.74) is 6.21. The topological polar surface area (TPSA) is 0 Å². The fraction of sp³-hybridized carbons (Fsp3) is 0.0476. The number of aryl methyl sites for hydroxylation is 1. The van der Waals surface area contributed by atoms with Crippen LogP contribution in [0.3, 0.4) is 0 Å². The van der Waals surface area contributed by atoms with Gasteiger partial charge in [0.25, 0.3) is 0 Å². The molecule has 0 spiro atoms. The standard InChI is InChI=1S/C42H27F3/c1-26-10-20-36-38(22-26)41(34-18-14-28-7-3-5-9-32(28)24-34)39-25-35(42(43,44)45)19-21-37(39)40(36)30-15-11-29(12-16-30)33-17-13-27-6-2-4-8-31(27)23-33/h2-25H,1H3. The molecule has 8 rings (SSSR count). The van der Waals surface area contributed by atoms with Gasteiger partial charge in [0.15, 0.2) is 0 Å². The van der Waals surface area contributed by atoms with Crippen LogP contribution in [0, 0.1) is 6.92 Å². The molecule has 0 radical (unpaired) electrons. The first-order valence-electron chi connectivity index (χ1n) is 15.0. The molecule has 0 atom stereocenters. The molecule has 0 bridgehead atoms. The third-order valence-electron chi connectivity index (χ3n) is 8.89. The van der Waals surface area contributed by atoms with Crippen molar-refractivity contribution in [2.24, 2.45) is 0 Å². The van der Waals surface area contributed by atoms with Gasteiger partial charge in [-0.25, -0.2) is 0 Å². The molecule has 3 heteroatoms. The van der Waals surface area contributed by atoms with Gasteiger partial charge in [-0.05, 0) is 108 Å². The summed E-state index contributed by atoms with van der Waals surface area (Å²) in [7, 11) is 0. The minimum Gasteiger partial charge on any atom is -0.166 e. The maximum absolute atomic E-state index is 14.2. The van der Waals surface area contributed by atoms with Crippen molar-refractivity contribution in [1.29, 1.82) is 0 Å². The maximum atomic E-state index is 14.2. The molecule has 0 N–H and O–H groups in total. The first-order valence-corrected chi connectivity index (χ1v) is 15.0. The lowest BCUT2D eigenvalue weighted by Crippen LogP contribution is -2.05. The van der Waals surface area contributed by atoms with E-state index in [-0.39, 0.29) is 0 Å². The molecule has 8 aromatic carbocycles. The molecule has 0 heterocycles. The van der Waals surface area contributed by atoms with Crippen molar-refractivity contribution in [3.63, 3.8) is 0 Å². The Labute approximate surface area is 259 Å². The Balaban J connectivity index is 1.39. The van der Waals surface area contributed by atoms with E-state index in [1.54, 1.807) is 6.07 Å². The van der Waals surface area contributed by atoms with Crippen molar-refractivity contribution in [3.8, 4) is 33.4 Å². The highest BCUT2D eigenvalue weighted by molar-refractivity contribution is 6.22. The van der Waals surface area contributed by atoms with E-state index in [1.165, 1.54) is 22.9 Å². The normalized spacial score (nSPS) is 12.0. The van der Waals surface area contributed by atoms with Gasteiger partial charge < -0.3 is 0 Å². The molecule has 0 saturated carbocycles. The Hall–Kier alpha value is -5.41. The Kier molecular flexibility index (Phi) is 6.25. The van der Waals surface area contributed by atoms with Crippen LogP contribution >= 0.6 is 0 Å². The van der Waals surface area contributed by atoms with Crippen LogP contribution < -0.4 is 0 Å². The molecular formula is C42H27F3. The number of rotatable bonds is 3. The van der Waals surface area contributed by atoms with E-state index >= 15 is 0 Å². The van der Waals surface area contributed by atoms with Crippen molar-refractivity contribution < 1.29 is 13.2 Å². The quantitative estimate of drug-likeness (QED) is 0.180. The predicted molar refractivity (Wildman–Crippen MR) is 183 cm³/mol. The fourth-order valence-corrected chi connectivity index (χ4v) is 6.68. The minimum absolute atomic E-state index is 0.590. The highest BCUT2D eigenvalue weighted by Gasteiger charge is 2.31. The van der Waals surface area contributed by atoms with Crippen LogP contribution in [0.5, 0.6) is 0 Å². The summed E-state index contributed by atoms with van der Waals surface area (Å²) in [6, 6.07) is 47.8. The van der Waals surface area contributed by atoms with Gasteiger partial charge >= 0.3 is 6.18 Å². The number of hydrogen-bond donors (Lipinski definition) is 0. The summed E-state index contributed by atoms with van der Waals surface area (Å²) in [5, 5.41) is 7.83. The first kappa shape index (κ1) is 27.2. The van der Waals surface area contributed by atoms with E-state index in [2.05, 4.69) is 78.9 Å². The third kappa shape index (κ3) is 4.72. The smallest absolute Gasteiger partial charge is 0.166 e. The summed E-state index contributed by atoms with van der Waals surface area (Å²) < 4.78 is 42.5. The molecule has 0 aliphatic carbocycles. The zero-order valence-corrected chi connectivity index (χ0v) is 24.5. The summed E-state index contributed by atoms with van der Waals surface area (Å²) in [6.45, 7) is 2.03. The van der Waals surface area contributed by atoms with Crippen LogP contribution in [-0.2, 0) is 6.18 Å². The van der Waals surface area contributed by atoms with Crippen molar-refractivity contribution in [3.05, 3.63) is 157 Å². The lowest BCUT2D eigenvalue weighted by Gasteiger charge is -2.20. The average molecular weight is 589 g/mol. The van der Waals surface area contributed by atoms with Crippen molar-refractivity contribution in [2.75, 3.05) is 0 Å². The molecule has 0 nitrogen and oxygen atoms in total. The second-order valence-electron chi connectivity index (χ2n) is 11.8. The molecule has 0 aromatic heterocycles. The maximum Gasteiger partial charge on any atom is 0.416 e. The van der Waals surface area contributed by atoms with Gasteiger partial charge in [-0.1, -0.05) is 127 Å². The molecule has 0 amide bonds.